The first-order chi connectivity index (χ1) is 13.3. The van der Waals surface area contributed by atoms with Gasteiger partial charge in [0.2, 0.25) is 15.9 Å². The maximum absolute atomic E-state index is 12.9. The van der Waals surface area contributed by atoms with Crippen molar-refractivity contribution in [1.29, 1.82) is 0 Å². The molecule has 1 aliphatic rings. The van der Waals surface area contributed by atoms with E-state index in [1.54, 1.807) is 24.3 Å². The number of carbonyl (C=O) groups is 1. The largest absolute Gasteiger partial charge is 0.326 e. The Hall–Kier alpha value is -1.89. The molecule has 3 rings (SSSR count). The van der Waals surface area contributed by atoms with E-state index < -0.39 is 10.0 Å². The van der Waals surface area contributed by atoms with Crippen LogP contribution in [0, 0.1) is 19.8 Å². The summed E-state index contributed by atoms with van der Waals surface area (Å²) in [5.74, 6) is -0.654. The number of piperidine rings is 1. The van der Waals surface area contributed by atoms with Crippen LogP contribution in [0.1, 0.15) is 29.5 Å². The van der Waals surface area contributed by atoms with Crippen molar-refractivity contribution in [1.82, 2.24) is 4.31 Å². The number of aryl methyl sites for hydroxylation is 2. The van der Waals surface area contributed by atoms with Crippen molar-refractivity contribution < 1.29 is 13.2 Å². The number of hydrogen-bond donors (Lipinski definition) is 1. The zero-order valence-corrected chi connectivity index (χ0v) is 17.7. The fourth-order valence-corrected chi connectivity index (χ4v) is 5.34. The van der Waals surface area contributed by atoms with E-state index in [0.717, 1.165) is 16.8 Å². The minimum Gasteiger partial charge on any atom is -0.326 e. The van der Waals surface area contributed by atoms with Crippen molar-refractivity contribution in [2.75, 3.05) is 18.4 Å². The van der Waals surface area contributed by atoms with Crippen molar-refractivity contribution in [2.45, 2.75) is 32.4 Å². The fraction of sp³-hybridized carbons (Fsp3) is 0.381. The van der Waals surface area contributed by atoms with Gasteiger partial charge in [0.25, 0.3) is 0 Å². The van der Waals surface area contributed by atoms with Crippen LogP contribution in [0.2, 0.25) is 5.02 Å². The maximum Gasteiger partial charge on any atom is 0.228 e. The number of hydrogen-bond acceptors (Lipinski definition) is 3. The summed E-state index contributed by atoms with van der Waals surface area (Å²) >= 11 is 6.12. The predicted octanol–water partition coefficient (Wildman–Crippen LogP) is 4.14. The van der Waals surface area contributed by atoms with Gasteiger partial charge in [0.05, 0.1) is 11.7 Å². The number of nitrogens with zero attached hydrogens (tertiary/aromatic N) is 1. The molecule has 2 aromatic rings. The van der Waals surface area contributed by atoms with Crippen molar-refractivity contribution in [2.24, 2.45) is 5.92 Å². The second-order valence-electron chi connectivity index (χ2n) is 7.35. The molecule has 1 N–H and O–H groups in total. The van der Waals surface area contributed by atoms with Crippen molar-refractivity contribution in [3.05, 3.63) is 64.2 Å². The molecule has 0 spiro atoms. The van der Waals surface area contributed by atoms with Gasteiger partial charge < -0.3 is 5.32 Å². The summed E-state index contributed by atoms with van der Waals surface area (Å²) in [6.07, 6.45) is 1.33. The third kappa shape index (κ3) is 4.93. The SMILES string of the molecule is Cc1ccc(C)c(NC(=O)C2CCCN(S(=O)(=O)Cc3ccccc3Cl)C2)c1. The molecule has 0 saturated carbocycles. The molecule has 0 bridgehead atoms. The average Bonchev–Trinajstić information content (AvgIpc) is 2.66. The standard InChI is InChI=1S/C21H25ClN2O3S/c1-15-9-10-16(2)20(12-15)23-21(25)17-7-5-11-24(13-17)28(26,27)14-18-6-3-4-8-19(18)22/h3-4,6,8-10,12,17H,5,7,11,13-14H2,1-2H3,(H,23,25). The molecule has 5 nitrogen and oxygen atoms in total. The molecule has 1 saturated heterocycles. The summed E-state index contributed by atoms with van der Waals surface area (Å²) in [6, 6.07) is 12.8. The zero-order chi connectivity index (χ0) is 20.3. The van der Waals surface area contributed by atoms with Crippen LogP contribution in [0.3, 0.4) is 0 Å². The van der Waals surface area contributed by atoms with E-state index in [9.17, 15) is 13.2 Å². The molecule has 7 heteroatoms. The van der Waals surface area contributed by atoms with E-state index in [1.807, 2.05) is 32.0 Å². The summed E-state index contributed by atoms with van der Waals surface area (Å²) in [5.41, 5.74) is 3.40. The Morgan fingerprint density at radius 3 is 2.71 bits per heavy atom. The van der Waals surface area contributed by atoms with Gasteiger partial charge in [-0.15, -0.1) is 0 Å². The predicted molar refractivity (Wildman–Crippen MR) is 113 cm³/mol. The minimum absolute atomic E-state index is 0.133. The number of sulfonamides is 1. The van der Waals surface area contributed by atoms with Gasteiger partial charge in [-0.25, -0.2) is 12.7 Å². The van der Waals surface area contributed by atoms with E-state index in [1.165, 1.54) is 4.31 Å². The van der Waals surface area contributed by atoms with Crippen LogP contribution >= 0.6 is 11.6 Å². The second kappa shape index (κ2) is 8.64. The summed E-state index contributed by atoms with van der Waals surface area (Å²) in [4.78, 5) is 12.8. The first-order valence-corrected chi connectivity index (χ1v) is 11.3. The van der Waals surface area contributed by atoms with Gasteiger partial charge in [-0.2, -0.15) is 0 Å². The van der Waals surface area contributed by atoms with E-state index in [-0.39, 0.29) is 24.1 Å². The van der Waals surface area contributed by atoms with Gasteiger partial charge in [-0.05, 0) is 55.5 Å². The monoisotopic (exact) mass is 420 g/mol. The molecule has 1 amide bonds. The van der Waals surface area contributed by atoms with Gasteiger partial charge >= 0.3 is 0 Å². The average molecular weight is 421 g/mol. The molecule has 1 heterocycles. The Labute approximate surface area is 171 Å². The van der Waals surface area contributed by atoms with Crippen LogP contribution in [0.15, 0.2) is 42.5 Å². The molecular weight excluding hydrogens is 396 g/mol. The lowest BCUT2D eigenvalue weighted by molar-refractivity contribution is -0.120. The Morgan fingerprint density at radius 1 is 1.21 bits per heavy atom. The first-order valence-electron chi connectivity index (χ1n) is 9.35. The van der Waals surface area contributed by atoms with Crippen LogP contribution < -0.4 is 5.32 Å². The lowest BCUT2D eigenvalue weighted by Gasteiger charge is -2.31. The maximum atomic E-state index is 12.9. The highest BCUT2D eigenvalue weighted by atomic mass is 35.5. The number of anilines is 1. The van der Waals surface area contributed by atoms with Crippen LogP contribution in [-0.2, 0) is 20.6 Å². The molecule has 0 aromatic heterocycles. The molecule has 1 unspecified atom stereocenters. The van der Waals surface area contributed by atoms with E-state index in [2.05, 4.69) is 5.32 Å². The lowest BCUT2D eigenvalue weighted by Crippen LogP contribution is -2.44. The number of halogens is 1. The third-order valence-corrected chi connectivity index (χ3v) is 7.26. The topological polar surface area (TPSA) is 66.5 Å². The Morgan fingerprint density at radius 2 is 1.96 bits per heavy atom. The molecule has 150 valence electrons. The minimum atomic E-state index is -3.54. The van der Waals surface area contributed by atoms with Crippen molar-refractivity contribution in [3.8, 4) is 0 Å². The number of amides is 1. The summed E-state index contributed by atoms with van der Waals surface area (Å²) in [7, 11) is -3.54. The quantitative estimate of drug-likeness (QED) is 0.790. The normalized spacial score (nSPS) is 18.0. The Balaban J connectivity index is 1.70. The zero-order valence-electron chi connectivity index (χ0n) is 16.1. The molecule has 1 atom stereocenters. The summed E-state index contributed by atoms with van der Waals surface area (Å²) < 4.78 is 27.2. The molecule has 1 aliphatic heterocycles. The van der Waals surface area contributed by atoms with Gasteiger partial charge in [0.1, 0.15) is 0 Å². The second-order valence-corrected chi connectivity index (χ2v) is 9.73. The molecule has 28 heavy (non-hydrogen) atoms. The van der Waals surface area contributed by atoms with Gasteiger partial charge in [0, 0.05) is 23.8 Å². The van der Waals surface area contributed by atoms with Crippen molar-refractivity contribution >= 4 is 33.2 Å². The van der Waals surface area contributed by atoms with E-state index >= 15 is 0 Å². The van der Waals surface area contributed by atoms with Gasteiger partial charge in [-0.1, -0.05) is 41.9 Å². The molecule has 2 aromatic carbocycles. The number of nitrogens with one attached hydrogen (secondary N) is 1. The Bertz CT molecular complexity index is 975. The summed E-state index contributed by atoms with van der Waals surface area (Å²) in [6.45, 7) is 4.54. The van der Waals surface area contributed by atoms with Gasteiger partial charge in [-0.3, -0.25) is 4.79 Å². The highest BCUT2D eigenvalue weighted by molar-refractivity contribution is 7.88. The first kappa shape index (κ1) is 20.8. The van der Waals surface area contributed by atoms with Crippen LogP contribution in [-0.4, -0.2) is 31.7 Å². The Kier molecular flexibility index (Phi) is 6.43. The van der Waals surface area contributed by atoms with Crippen LogP contribution in [0.25, 0.3) is 0 Å². The smallest absolute Gasteiger partial charge is 0.228 e. The number of carbonyl (C=O) groups excluding carboxylic acids is 1. The van der Waals surface area contributed by atoms with Crippen LogP contribution in [0.5, 0.6) is 0 Å². The third-order valence-electron chi connectivity index (χ3n) is 5.09. The highest BCUT2D eigenvalue weighted by Crippen LogP contribution is 2.25. The lowest BCUT2D eigenvalue weighted by atomic mass is 9.98. The van der Waals surface area contributed by atoms with Gasteiger partial charge in [0.15, 0.2) is 0 Å². The molecule has 0 aliphatic carbocycles. The fourth-order valence-electron chi connectivity index (χ4n) is 3.42. The molecule has 1 fully saturated rings. The summed E-state index contributed by atoms with van der Waals surface area (Å²) in [5, 5.41) is 3.41. The molecule has 0 radical (unpaired) electrons. The van der Waals surface area contributed by atoms with Crippen molar-refractivity contribution in [3.63, 3.8) is 0 Å². The van der Waals surface area contributed by atoms with E-state index in [4.69, 9.17) is 11.6 Å². The number of benzene rings is 2. The van der Waals surface area contributed by atoms with Crippen LogP contribution in [0.4, 0.5) is 5.69 Å². The molecular formula is C21H25ClN2O3S. The highest BCUT2D eigenvalue weighted by Gasteiger charge is 2.32. The number of rotatable bonds is 5. The van der Waals surface area contributed by atoms with E-state index in [0.29, 0.717) is 30.0 Å².